The highest BCUT2D eigenvalue weighted by molar-refractivity contribution is 7.89. The molecule has 0 saturated carbocycles. The van der Waals surface area contributed by atoms with Crippen molar-refractivity contribution in [1.82, 2.24) is 9.71 Å². The van der Waals surface area contributed by atoms with Crippen molar-refractivity contribution in [2.75, 3.05) is 0 Å². The first kappa shape index (κ1) is 16.7. The minimum absolute atomic E-state index is 0.0269. The second kappa shape index (κ2) is 5.57. The molecule has 7 heteroatoms. The van der Waals surface area contributed by atoms with Crippen LogP contribution in [0.4, 0.5) is 0 Å². The molecule has 0 aliphatic rings. The van der Waals surface area contributed by atoms with Crippen molar-refractivity contribution < 1.29 is 18.3 Å². The summed E-state index contributed by atoms with van der Waals surface area (Å²) in [6.45, 7) is 8.65. The second-order valence-corrected chi connectivity index (χ2v) is 7.24. The molecule has 0 bridgehead atoms. The highest BCUT2D eigenvalue weighted by Crippen LogP contribution is 2.25. The minimum Gasteiger partial charge on any atom is -0.477 e. The van der Waals surface area contributed by atoms with Gasteiger partial charge in [0, 0.05) is 16.8 Å². The van der Waals surface area contributed by atoms with Crippen molar-refractivity contribution in [3.63, 3.8) is 0 Å². The fourth-order valence-electron chi connectivity index (χ4n) is 2.44. The van der Waals surface area contributed by atoms with E-state index in [1.165, 1.54) is 6.92 Å². The summed E-state index contributed by atoms with van der Waals surface area (Å²) in [6.07, 6.45) is 1.54. The number of carboxylic acids is 1. The zero-order valence-corrected chi connectivity index (χ0v) is 13.3. The van der Waals surface area contributed by atoms with Gasteiger partial charge >= 0.3 is 5.97 Å². The van der Waals surface area contributed by atoms with Crippen LogP contribution in [0.5, 0.6) is 0 Å². The molecule has 114 valence electrons. The van der Waals surface area contributed by atoms with E-state index in [1.54, 1.807) is 6.92 Å². The molecule has 0 amide bonds. The zero-order chi connectivity index (χ0) is 15.7. The fourth-order valence-corrected chi connectivity index (χ4v) is 4.33. The van der Waals surface area contributed by atoms with Gasteiger partial charge in [0.1, 0.15) is 10.6 Å². The van der Waals surface area contributed by atoms with E-state index < -0.39 is 21.5 Å². The summed E-state index contributed by atoms with van der Waals surface area (Å²) in [7, 11) is -3.76. The number of aryl methyl sites for hydroxylation is 1. The molecular weight excluding hydrogens is 280 g/mol. The standard InChI is InChI=1S/C13H22N2O4S/c1-6-7-13(4,5)15-20(18,19)11-8(2)10(12(16)17)14-9(11)3/h14-15H,6-7H2,1-5H3,(H,16,17). The van der Waals surface area contributed by atoms with Gasteiger partial charge in [0.05, 0.1) is 0 Å². The lowest BCUT2D eigenvalue weighted by atomic mass is 10.0. The molecule has 0 saturated heterocycles. The molecule has 0 atom stereocenters. The minimum atomic E-state index is -3.76. The van der Waals surface area contributed by atoms with E-state index >= 15 is 0 Å². The van der Waals surface area contributed by atoms with Gasteiger partial charge in [-0.2, -0.15) is 0 Å². The first-order chi connectivity index (χ1) is 9.02. The molecule has 3 N–H and O–H groups in total. The Labute approximate surface area is 119 Å². The first-order valence-corrected chi connectivity index (χ1v) is 7.96. The summed E-state index contributed by atoms with van der Waals surface area (Å²) < 4.78 is 27.6. The van der Waals surface area contributed by atoms with Gasteiger partial charge in [-0.1, -0.05) is 13.3 Å². The lowest BCUT2D eigenvalue weighted by Gasteiger charge is -2.25. The Kier molecular flexibility index (Phi) is 4.66. The van der Waals surface area contributed by atoms with Crippen molar-refractivity contribution in [3.05, 3.63) is 17.0 Å². The van der Waals surface area contributed by atoms with Crippen LogP contribution in [0.25, 0.3) is 0 Å². The quantitative estimate of drug-likeness (QED) is 0.750. The molecule has 6 nitrogen and oxygen atoms in total. The number of aromatic nitrogens is 1. The van der Waals surface area contributed by atoms with Crippen LogP contribution in [0.15, 0.2) is 4.90 Å². The van der Waals surface area contributed by atoms with Crippen molar-refractivity contribution >= 4 is 16.0 Å². The van der Waals surface area contributed by atoms with Crippen LogP contribution in [0, 0.1) is 13.8 Å². The van der Waals surface area contributed by atoms with Crippen LogP contribution < -0.4 is 4.72 Å². The lowest BCUT2D eigenvalue weighted by molar-refractivity contribution is 0.0690. The highest BCUT2D eigenvalue weighted by atomic mass is 32.2. The lowest BCUT2D eigenvalue weighted by Crippen LogP contribution is -2.43. The maximum Gasteiger partial charge on any atom is 0.352 e. The van der Waals surface area contributed by atoms with Gasteiger partial charge < -0.3 is 10.1 Å². The Morgan fingerprint density at radius 2 is 1.90 bits per heavy atom. The van der Waals surface area contributed by atoms with Gasteiger partial charge in [-0.15, -0.1) is 0 Å². The summed E-state index contributed by atoms with van der Waals surface area (Å²) in [5.74, 6) is -1.17. The average Bonchev–Trinajstić information content (AvgIpc) is 2.52. The predicted octanol–water partition coefficient (Wildman–Crippen LogP) is 2.19. The normalized spacial score (nSPS) is 12.7. The third-order valence-corrected chi connectivity index (χ3v) is 5.11. The monoisotopic (exact) mass is 302 g/mol. The van der Waals surface area contributed by atoms with Crippen molar-refractivity contribution in [2.45, 2.75) is 57.9 Å². The largest absolute Gasteiger partial charge is 0.477 e. The van der Waals surface area contributed by atoms with Crippen LogP contribution in [-0.2, 0) is 10.0 Å². The van der Waals surface area contributed by atoms with Gasteiger partial charge in [-0.25, -0.2) is 17.9 Å². The predicted molar refractivity (Wildman–Crippen MR) is 76.5 cm³/mol. The van der Waals surface area contributed by atoms with E-state index in [4.69, 9.17) is 5.11 Å². The van der Waals surface area contributed by atoms with E-state index in [0.717, 1.165) is 6.42 Å². The summed E-state index contributed by atoms with van der Waals surface area (Å²) in [5.41, 5.74) is -0.0988. The Hall–Kier alpha value is -1.34. The number of hydrogen-bond donors (Lipinski definition) is 3. The highest BCUT2D eigenvalue weighted by Gasteiger charge is 2.31. The third-order valence-electron chi connectivity index (χ3n) is 3.14. The van der Waals surface area contributed by atoms with E-state index in [0.29, 0.717) is 12.1 Å². The Balaban J connectivity index is 3.27. The molecule has 1 aromatic rings. The van der Waals surface area contributed by atoms with E-state index in [1.807, 2.05) is 20.8 Å². The molecule has 0 radical (unpaired) electrons. The van der Waals surface area contributed by atoms with E-state index in [-0.39, 0.29) is 16.2 Å². The number of H-pyrrole nitrogens is 1. The molecule has 0 aromatic carbocycles. The molecule has 0 unspecified atom stereocenters. The van der Waals surface area contributed by atoms with Crippen molar-refractivity contribution in [3.8, 4) is 0 Å². The van der Waals surface area contributed by atoms with Crippen LogP contribution in [-0.4, -0.2) is 30.0 Å². The summed E-state index contributed by atoms with van der Waals surface area (Å²) >= 11 is 0. The average molecular weight is 302 g/mol. The SMILES string of the molecule is CCCC(C)(C)NS(=O)(=O)c1c(C)[nH]c(C(=O)O)c1C. The summed E-state index contributed by atoms with van der Waals surface area (Å²) in [5, 5.41) is 9.04. The summed E-state index contributed by atoms with van der Waals surface area (Å²) in [4.78, 5) is 13.7. The van der Waals surface area contributed by atoms with Gasteiger partial charge in [0.15, 0.2) is 0 Å². The zero-order valence-electron chi connectivity index (χ0n) is 12.5. The molecule has 1 heterocycles. The number of nitrogens with one attached hydrogen (secondary N) is 2. The molecule has 0 aliphatic carbocycles. The van der Waals surface area contributed by atoms with Crippen molar-refractivity contribution in [2.24, 2.45) is 0 Å². The number of carbonyl (C=O) groups is 1. The second-order valence-electron chi connectivity index (χ2n) is 5.62. The van der Waals surface area contributed by atoms with Crippen LogP contribution in [0.1, 0.15) is 55.4 Å². The third kappa shape index (κ3) is 3.40. The fraction of sp³-hybridized carbons (Fsp3) is 0.615. The molecule has 0 fully saturated rings. The number of carboxylic acid groups (broad SMARTS) is 1. The molecule has 0 spiro atoms. The van der Waals surface area contributed by atoms with Crippen LogP contribution in [0.2, 0.25) is 0 Å². The van der Waals surface area contributed by atoms with Gasteiger partial charge in [0.2, 0.25) is 10.0 Å². The first-order valence-electron chi connectivity index (χ1n) is 6.48. The van der Waals surface area contributed by atoms with Gasteiger partial charge in [-0.05, 0) is 34.1 Å². The number of aromatic carboxylic acids is 1. The molecule has 1 aromatic heterocycles. The maximum atomic E-state index is 12.5. The summed E-state index contributed by atoms with van der Waals surface area (Å²) in [6, 6.07) is 0. The Morgan fingerprint density at radius 1 is 1.35 bits per heavy atom. The van der Waals surface area contributed by atoms with E-state index in [9.17, 15) is 13.2 Å². The number of rotatable bonds is 6. The van der Waals surface area contributed by atoms with Gasteiger partial charge in [0.25, 0.3) is 0 Å². The topological polar surface area (TPSA) is 99.3 Å². The van der Waals surface area contributed by atoms with Crippen LogP contribution >= 0.6 is 0 Å². The maximum absolute atomic E-state index is 12.5. The molecular formula is C13H22N2O4S. The van der Waals surface area contributed by atoms with Gasteiger partial charge in [-0.3, -0.25) is 0 Å². The van der Waals surface area contributed by atoms with Crippen molar-refractivity contribution in [1.29, 1.82) is 0 Å². The smallest absolute Gasteiger partial charge is 0.352 e. The van der Waals surface area contributed by atoms with E-state index in [2.05, 4.69) is 9.71 Å². The number of sulfonamides is 1. The Bertz CT molecular complexity index is 615. The molecule has 1 rings (SSSR count). The molecule has 20 heavy (non-hydrogen) atoms. The van der Waals surface area contributed by atoms with Crippen LogP contribution in [0.3, 0.4) is 0 Å². The number of hydrogen-bond acceptors (Lipinski definition) is 3. The molecule has 0 aliphatic heterocycles. The Morgan fingerprint density at radius 3 is 2.30 bits per heavy atom. The number of aromatic amines is 1.